The van der Waals surface area contributed by atoms with Crippen molar-refractivity contribution in [3.05, 3.63) is 0 Å². The van der Waals surface area contributed by atoms with Crippen LogP contribution in [0.3, 0.4) is 0 Å². The first-order valence-corrected chi connectivity index (χ1v) is 6.47. The molecular formula is C13H27NO2. The van der Waals surface area contributed by atoms with Gasteiger partial charge < -0.3 is 15.2 Å². The number of hydrogen-bond donors (Lipinski definition) is 2. The first kappa shape index (κ1) is 13.9. The zero-order valence-electron chi connectivity index (χ0n) is 11.1. The lowest BCUT2D eigenvalue weighted by molar-refractivity contribution is 0.0264. The molecule has 3 unspecified atom stereocenters. The normalized spacial score (nSPS) is 29.6. The van der Waals surface area contributed by atoms with Crippen LogP contribution < -0.4 is 5.32 Å². The van der Waals surface area contributed by atoms with Crippen molar-refractivity contribution in [2.45, 2.75) is 64.8 Å². The van der Waals surface area contributed by atoms with E-state index in [9.17, 15) is 5.11 Å². The first-order chi connectivity index (χ1) is 7.39. The van der Waals surface area contributed by atoms with Crippen LogP contribution in [0, 0.1) is 5.92 Å². The molecule has 1 aliphatic heterocycles. The Labute approximate surface area is 99.6 Å². The van der Waals surface area contributed by atoms with Gasteiger partial charge in [0.05, 0.1) is 17.8 Å². The van der Waals surface area contributed by atoms with E-state index in [1.165, 1.54) is 0 Å². The van der Waals surface area contributed by atoms with Gasteiger partial charge in [-0.3, -0.25) is 0 Å². The van der Waals surface area contributed by atoms with E-state index in [2.05, 4.69) is 26.1 Å². The van der Waals surface area contributed by atoms with Gasteiger partial charge in [0.25, 0.3) is 0 Å². The van der Waals surface area contributed by atoms with Crippen LogP contribution in [0.1, 0.15) is 47.0 Å². The quantitative estimate of drug-likeness (QED) is 0.731. The average Bonchev–Trinajstić information content (AvgIpc) is 2.48. The van der Waals surface area contributed by atoms with Crippen molar-refractivity contribution in [3.8, 4) is 0 Å². The fraction of sp³-hybridized carbons (Fsp3) is 1.00. The van der Waals surface area contributed by atoms with E-state index in [1.807, 2.05) is 6.92 Å². The van der Waals surface area contributed by atoms with E-state index in [0.717, 1.165) is 25.8 Å². The molecule has 1 saturated heterocycles. The Morgan fingerprint density at radius 3 is 2.62 bits per heavy atom. The molecule has 16 heavy (non-hydrogen) atoms. The van der Waals surface area contributed by atoms with Crippen LogP contribution in [0.2, 0.25) is 0 Å². The van der Waals surface area contributed by atoms with Crippen LogP contribution >= 0.6 is 0 Å². The molecule has 0 amide bonds. The molecule has 1 fully saturated rings. The maximum atomic E-state index is 10.1. The standard InChI is InChI=1S/C13H27NO2/c1-10(2)7-13(4,15)9-14-8-12-6-5-11(3)16-12/h10-12,14-15H,5-9H2,1-4H3. The summed E-state index contributed by atoms with van der Waals surface area (Å²) >= 11 is 0. The molecule has 0 spiro atoms. The molecule has 0 radical (unpaired) electrons. The fourth-order valence-corrected chi connectivity index (χ4v) is 2.49. The largest absolute Gasteiger partial charge is 0.389 e. The first-order valence-electron chi connectivity index (χ1n) is 6.47. The zero-order valence-corrected chi connectivity index (χ0v) is 11.1. The molecule has 1 aliphatic rings. The third-order valence-corrected chi connectivity index (χ3v) is 3.05. The van der Waals surface area contributed by atoms with Crippen molar-refractivity contribution in [2.24, 2.45) is 5.92 Å². The van der Waals surface area contributed by atoms with Crippen LogP contribution in [0.15, 0.2) is 0 Å². The molecule has 3 atom stereocenters. The molecular weight excluding hydrogens is 202 g/mol. The minimum absolute atomic E-state index is 0.338. The van der Waals surface area contributed by atoms with E-state index in [-0.39, 0.29) is 0 Å². The lowest BCUT2D eigenvalue weighted by Gasteiger charge is -2.26. The summed E-state index contributed by atoms with van der Waals surface area (Å²) < 4.78 is 5.71. The number of rotatable bonds is 6. The number of hydrogen-bond acceptors (Lipinski definition) is 3. The summed E-state index contributed by atoms with van der Waals surface area (Å²) in [6, 6.07) is 0. The van der Waals surface area contributed by atoms with Crippen LogP contribution in [0.4, 0.5) is 0 Å². The average molecular weight is 229 g/mol. The zero-order chi connectivity index (χ0) is 12.2. The molecule has 0 aromatic rings. The monoisotopic (exact) mass is 229 g/mol. The highest BCUT2D eigenvalue weighted by atomic mass is 16.5. The predicted octanol–water partition coefficient (Wildman–Crippen LogP) is 1.94. The van der Waals surface area contributed by atoms with Crippen LogP contribution in [-0.4, -0.2) is 36.0 Å². The van der Waals surface area contributed by atoms with Gasteiger partial charge in [-0.05, 0) is 39.0 Å². The number of aliphatic hydroxyl groups is 1. The summed E-state index contributed by atoms with van der Waals surface area (Å²) in [5.74, 6) is 0.527. The summed E-state index contributed by atoms with van der Waals surface area (Å²) in [5, 5.41) is 13.4. The molecule has 96 valence electrons. The third-order valence-electron chi connectivity index (χ3n) is 3.05. The second-order valence-electron chi connectivity index (χ2n) is 5.87. The molecule has 0 aliphatic carbocycles. The van der Waals surface area contributed by atoms with Gasteiger partial charge >= 0.3 is 0 Å². The predicted molar refractivity (Wildman–Crippen MR) is 66.5 cm³/mol. The number of ether oxygens (including phenoxy) is 1. The topological polar surface area (TPSA) is 41.5 Å². The van der Waals surface area contributed by atoms with Gasteiger partial charge in [0.2, 0.25) is 0 Å². The van der Waals surface area contributed by atoms with Gasteiger partial charge in [-0.2, -0.15) is 0 Å². The number of nitrogens with one attached hydrogen (secondary N) is 1. The second kappa shape index (κ2) is 5.99. The summed E-state index contributed by atoms with van der Waals surface area (Å²) in [4.78, 5) is 0. The highest BCUT2D eigenvalue weighted by Crippen LogP contribution is 2.19. The maximum Gasteiger partial charge on any atom is 0.0746 e. The minimum Gasteiger partial charge on any atom is -0.389 e. The summed E-state index contributed by atoms with van der Waals surface area (Å²) in [7, 11) is 0. The minimum atomic E-state index is -0.599. The highest BCUT2D eigenvalue weighted by molar-refractivity contribution is 4.79. The summed E-state index contributed by atoms with van der Waals surface area (Å²) in [6.45, 7) is 9.80. The highest BCUT2D eigenvalue weighted by Gasteiger charge is 2.24. The Kier molecular flexibility index (Phi) is 5.22. The van der Waals surface area contributed by atoms with Gasteiger partial charge in [0.1, 0.15) is 0 Å². The van der Waals surface area contributed by atoms with E-state index >= 15 is 0 Å². The van der Waals surface area contributed by atoms with Crippen LogP contribution in [0.5, 0.6) is 0 Å². The summed E-state index contributed by atoms with van der Waals surface area (Å²) in [5.41, 5.74) is -0.599. The Hall–Kier alpha value is -0.120. The van der Waals surface area contributed by atoms with Crippen molar-refractivity contribution in [1.82, 2.24) is 5.32 Å². The lowest BCUT2D eigenvalue weighted by atomic mass is 9.94. The van der Waals surface area contributed by atoms with Gasteiger partial charge in [0.15, 0.2) is 0 Å². The Morgan fingerprint density at radius 1 is 1.44 bits per heavy atom. The molecule has 3 heteroatoms. The van der Waals surface area contributed by atoms with Gasteiger partial charge in [-0.1, -0.05) is 13.8 Å². The molecule has 3 nitrogen and oxygen atoms in total. The Balaban J connectivity index is 2.14. The van der Waals surface area contributed by atoms with Crippen molar-refractivity contribution in [3.63, 3.8) is 0 Å². The van der Waals surface area contributed by atoms with E-state index < -0.39 is 5.60 Å². The third kappa shape index (κ3) is 5.28. The maximum absolute atomic E-state index is 10.1. The van der Waals surface area contributed by atoms with Crippen LogP contribution in [0.25, 0.3) is 0 Å². The molecule has 0 saturated carbocycles. The van der Waals surface area contributed by atoms with Crippen molar-refractivity contribution >= 4 is 0 Å². The fourth-order valence-electron chi connectivity index (χ4n) is 2.49. The smallest absolute Gasteiger partial charge is 0.0746 e. The molecule has 0 aromatic carbocycles. The summed E-state index contributed by atoms with van der Waals surface area (Å²) in [6.07, 6.45) is 3.88. The van der Waals surface area contributed by atoms with Gasteiger partial charge in [-0.25, -0.2) is 0 Å². The van der Waals surface area contributed by atoms with E-state index in [0.29, 0.717) is 24.7 Å². The molecule has 2 N–H and O–H groups in total. The molecule has 1 heterocycles. The van der Waals surface area contributed by atoms with E-state index in [1.54, 1.807) is 0 Å². The van der Waals surface area contributed by atoms with Gasteiger partial charge in [0, 0.05) is 13.1 Å². The lowest BCUT2D eigenvalue weighted by Crippen LogP contribution is -2.41. The van der Waals surface area contributed by atoms with E-state index in [4.69, 9.17) is 4.74 Å². The van der Waals surface area contributed by atoms with Crippen molar-refractivity contribution in [1.29, 1.82) is 0 Å². The Bertz CT molecular complexity index is 204. The van der Waals surface area contributed by atoms with Gasteiger partial charge in [-0.15, -0.1) is 0 Å². The molecule has 1 rings (SSSR count). The SMILES string of the molecule is CC(C)CC(C)(O)CNCC1CCC(C)O1. The molecule has 0 aromatic heterocycles. The second-order valence-corrected chi connectivity index (χ2v) is 5.87. The molecule has 0 bridgehead atoms. The Morgan fingerprint density at radius 2 is 2.12 bits per heavy atom. The van der Waals surface area contributed by atoms with Crippen LogP contribution in [-0.2, 0) is 4.74 Å². The van der Waals surface area contributed by atoms with Crippen molar-refractivity contribution in [2.75, 3.05) is 13.1 Å². The van der Waals surface area contributed by atoms with Crippen molar-refractivity contribution < 1.29 is 9.84 Å².